The fraction of sp³-hybridized carbons (Fsp3) is 0.429. The standard InChI is InChI=1S/C21H25NO2.HI/c1-4-10-18(11-5-1)21(20-14-17-23-24-20,19-12-6-2-7-13-19)22-15-8-3-9-16-22;/h1-2,4-7,10-13,20H,3,8-9,14-17H2;1H/p-1. The van der Waals surface area contributed by atoms with Crippen molar-refractivity contribution in [2.24, 2.45) is 0 Å². The van der Waals surface area contributed by atoms with Crippen LogP contribution in [-0.4, -0.2) is 30.7 Å². The molecular weight excluding hydrogens is 425 g/mol. The fourth-order valence-corrected chi connectivity index (χ4v) is 4.35. The first-order chi connectivity index (χ1) is 11.9. The maximum atomic E-state index is 5.84. The van der Waals surface area contributed by atoms with Crippen LogP contribution in [-0.2, 0) is 15.3 Å². The molecule has 0 radical (unpaired) electrons. The Balaban J connectivity index is 0.00000182. The highest BCUT2D eigenvalue weighted by molar-refractivity contribution is 5.41. The van der Waals surface area contributed by atoms with Crippen LogP contribution in [0.4, 0.5) is 0 Å². The third kappa shape index (κ3) is 3.50. The highest BCUT2D eigenvalue weighted by atomic mass is 127. The predicted octanol–water partition coefficient (Wildman–Crippen LogP) is 1.14. The third-order valence-electron chi connectivity index (χ3n) is 5.40. The van der Waals surface area contributed by atoms with E-state index in [4.69, 9.17) is 9.78 Å². The van der Waals surface area contributed by atoms with Gasteiger partial charge in [0.15, 0.2) is 0 Å². The van der Waals surface area contributed by atoms with Crippen molar-refractivity contribution in [1.29, 1.82) is 0 Å². The Bertz CT molecular complexity index is 598. The Labute approximate surface area is 167 Å². The van der Waals surface area contributed by atoms with E-state index in [2.05, 4.69) is 65.6 Å². The zero-order valence-corrected chi connectivity index (χ0v) is 16.6. The number of halogens is 1. The lowest BCUT2D eigenvalue weighted by Crippen LogP contribution is -3.00. The van der Waals surface area contributed by atoms with E-state index < -0.39 is 0 Å². The normalized spacial score (nSPS) is 21.7. The van der Waals surface area contributed by atoms with E-state index in [1.54, 1.807) is 0 Å². The van der Waals surface area contributed by atoms with Gasteiger partial charge in [0, 0.05) is 6.42 Å². The van der Waals surface area contributed by atoms with Crippen molar-refractivity contribution in [3.63, 3.8) is 0 Å². The molecule has 2 saturated heterocycles. The Morgan fingerprint density at radius 2 is 1.36 bits per heavy atom. The van der Waals surface area contributed by atoms with E-state index in [1.807, 2.05) is 0 Å². The van der Waals surface area contributed by atoms with Crippen molar-refractivity contribution in [3.8, 4) is 0 Å². The van der Waals surface area contributed by atoms with Crippen LogP contribution < -0.4 is 24.0 Å². The van der Waals surface area contributed by atoms with Crippen LogP contribution in [0.5, 0.6) is 0 Å². The van der Waals surface area contributed by atoms with Gasteiger partial charge < -0.3 is 24.0 Å². The van der Waals surface area contributed by atoms with Crippen molar-refractivity contribution in [2.75, 3.05) is 19.7 Å². The molecule has 1 unspecified atom stereocenters. The minimum Gasteiger partial charge on any atom is -1.00 e. The molecule has 2 aliphatic rings. The quantitative estimate of drug-likeness (QED) is 0.516. The van der Waals surface area contributed by atoms with E-state index in [1.165, 1.54) is 30.4 Å². The summed E-state index contributed by atoms with van der Waals surface area (Å²) >= 11 is 0. The van der Waals surface area contributed by atoms with Crippen LogP contribution in [0.1, 0.15) is 36.8 Å². The van der Waals surface area contributed by atoms with Gasteiger partial charge in [-0.05, 0) is 37.1 Å². The Morgan fingerprint density at radius 1 is 0.800 bits per heavy atom. The number of piperidine rings is 1. The first-order valence-corrected chi connectivity index (χ1v) is 9.07. The molecular formula is C21H25INO2-. The van der Waals surface area contributed by atoms with Crippen LogP contribution in [0, 0.1) is 0 Å². The van der Waals surface area contributed by atoms with Gasteiger partial charge in [-0.15, -0.1) is 0 Å². The Hall–Kier alpha value is -0.950. The number of rotatable bonds is 4. The molecule has 2 fully saturated rings. The molecule has 0 saturated carbocycles. The van der Waals surface area contributed by atoms with Crippen molar-refractivity contribution in [3.05, 3.63) is 71.8 Å². The second-order valence-corrected chi connectivity index (χ2v) is 6.74. The first-order valence-electron chi connectivity index (χ1n) is 9.07. The van der Waals surface area contributed by atoms with Crippen LogP contribution in [0.2, 0.25) is 0 Å². The van der Waals surface area contributed by atoms with Gasteiger partial charge >= 0.3 is 0 Å². The molecule has 0 amide bonds. The van der Waals surface area contributed by atoms with Gasteiger partial charge in [0.1, 0.15) is 11.6 Å². The zero-order chi connectivity index (χ0) is 16.2. The SMILES string of the molecule is [I-].c1ccc(C(c2ccccc2)(C2CCOO2)N2CCCCC2)cc1. The first kappa shape index (κ1) is 18.8. The summed E-state index contributed by atoms with van der Waals surface area (Å²) in [6, 6.07) is 21.7. The number of hydrogen-bond acceptors (Lipinski definition) is 3. The van der Waals surface area contributed by atoms with Gasteiger partial charge in [-0.2, -0.15) is 0 Å². The summed E-state index contributed by atoms with van der Waals surface area (Å²) in [5.74, 6) is 0. The molecule has 2 aliphatic heterocycles. The monoisotopic (exact) mass is 450 g/mol. The van der Waals surface area contributed by atoms with E-state index in [9.17, 15) is 0 Å². The summed E-state index contributed by atoms with van der Waals surface area (Å²) in [4.78, 5) is 13.8. The zero-order valence-electron chi connectivity index (χ0n) is 14.4. The van der Waals surface area contributed by atoms with Crippen molar-refractivity contribution in [1.82, 2.24) is 4.90 Å². The van der Waals surface area contributed by atoms with Crippen LogP contribution in [0.3, 0.4) is 0 Å². The van der Waals surface area contributed by atoms with Crippen molar-refractivity contribution < 1.29 is 33.8 Å². The number of benzene rings is 2. The van der Waals surface area contributed by atoms with Gasteiger partial charge in [0.05, 0.1) is 6.61 Å². The van der Waals surface area contributed by atoms with Crippen LogP contribution >= 0.6 is 0 Å². The predicted molar refractivity (Wildman–Crippen MR) is 94.5 cm³/mol. The third-order valence-corrected chi connectivity index (χ3v) is 5.40. The van der Waals surface area contributed by atoms with Gasteiger partial charge in [0.2, 0.25) is 0 Å². The average molecular weight is 450 g/mol. The molecule has 0 N–H and O–H groups in total. The molecule has 4 heteroatoms. The molecule has 2 aromatic rings. The van der Waals surface area contributed by atoms with Crippen molar-refractivity contribution >= 4 is 0 Å². The minimum absolute atomic E-state index is 0. The molecule has 2 aromatic carbocycles. The molecule has 2 heterocycles. The van der Waals surface area contributed by atoms with Gasteiger partial charge in [-0.1, -0.05) is 67.1 Å². The molecule has 1 atom stereocenters. The smallest absolute Gasteiger partial charge is 0.122 e. The van der Waals surface area contributed by atoms with E-state index >= 15 is 0 Å². The van der Waals surface area contributed by atoms with E-state index in [0.29, 0.717) is 6.61 Å². The topological polar surface area (TPSA) is 21.7 Å². The lowest BCUT2D eigenvalue weighted by atomic mass is 9.75. The van der Waals surface area contributed by atoms with Crippen LogP contribution in [0.15, 0.2) is 60.7 Å². The van der Waals surface area contributed by atoms with Gasteiger partial charge in [-0.25, -0.2) is 9.78 Å². The summed E-state index contributed by atoms with van der Waals surface area (Å²) in [7, 11) is 0. The van der Waals surface area contributed by atoms with E-state index in [-0.39, 0.29) is 35.6 Å². The molecule has 0 spiro atoms. The summed E-state index contributed by atoms with van der Waals surface area (Å²) in [5, 5.41) is 0. The lowest BCUT2D eigenvalue weighted by Gasteiger charge is -2.49. The molecule has 134 valence electrons. The summed E-state index contributed by atoms with van der Waals surface area (Å²) in [6.07, 6.45) is 4.74. The van der Waals surface area contributed by atoms with Gasteiger partial charge in [0.25, 0.3) is 0 Å². The van der Waals surface area contributed by atoms with Crippen LogP contribution in [0.25, 0.3) is 0 Å². The second kappa shape index (κ2) is 8.62. The number of hydrogen-bond donors (Lipinski definition) is 0. The molecule has 4 rings (SSSR count). The maximum absolute atomic E-state index is 5.84. The highest BCUT2D eigenvalue weighted by Crippen LogP contribution is 2.44. The summed E-state index contributed by atoms with van der Waals surface area (Å²) in [6.45, 7) is 2.87. The molecule has 0 aliphatic carbocycles. The molecule has 0 aromatic heterocycles. The number of nitrogens with zero attached hydrogens (tertiary/aromatic N) is 1. The maximum Gasteiger partial charge on any atom is 0.122 e. The largest absolute Gasteiger partial charge is 1.00 e. The Morgan fingerprint density at radius 3 is 1.84 bits per heavy atom. The lowest BCUT2D eigenvalue weighted by molar-refractivity contribution is -0.293. The fourth-order valence-electron chi connectivity index (χ4n) is 4.35. The molecule has 3 nitrogen and oxygen atoms in total. The van der Waals surface area contributed by atoms with Crippen molar-refractivity contribution in [2.45, 2.75) is 37.3 Å². The highest BCUT2D eigenvalue weighted by Gasteiger charge is 2.50. The Kier molecular flexibility index (Phi) is 6.49. The summed E-state index contributed by atoms with van der Waals surface area (Å²) in [5.41, 5.74) is 2.32. The number of likely N-dealkylation sites (tertiary alicyclic amines) is 1. The second-order valence-electron chi connectivity index (χ2n) is 6.74. The molecule has 25 heavy (non-hydrogen) atoms. The summed E-state index contributed by atoms with van der Waals surface area (Å²) < 4.78 is 0. The average Bonchev–Trinajstić information content (AvgIpc) is 3.20. The van der Waals surface area contributed by atoms with Gasteiger partial charge in [-0.3, -0.25) is 4.90 Å². The minimum atomic E-state index is -0.278. The van der Waals surface area contributed by atoms with E-state index in [0.717, 1.165) is 19.5 Å². The molecule has 0 bridgehead atoms.